The summed E-state index contributed by atoms with van der Waals surface area (Å²) < 4.78 is 47.3. The lowest BCUT2D eigenvalue weighted by Crippen LogP contribution is -2.33. The summed E-state index contributed by atoms with van der Waals surface area (Å²) in [5.74, 6) is 0.0380. The molecule has 0 aliphatic rings. The summed E-state index contributed by atoms with van der Waals surface area (Å²) in [6.45, 7) is 3.70. The van der Waals surface area contributed by atoms with Crippen molar-refractivity contribution in [1.29, 1.82) is 0 Å². The maximum absolute atomic E-state index is 13.8. The molecule has 0 aliphatic heterocycles. The average molecular weight is 399 g/mol. The van der Waals surface area contributed by atoms with Crippen molar-refractivity contribution < 1.29 is 17.5 Å². The van der Waals surface area contributed by atoms with Gasteiger partial charge in [0.15, 0.2) is 0 Å². The number of hydrogen-bond donors (Lipinski definition) is 0. The van der Waals surface area contributed by atoms with Gasteiger partial charge in [-0.3, -0.25) is 4.31 Å². The molecule has 0 aromatic heterocycles. The van der Waals surface area contributed by atoms with E-state index in [1.807, 2.05) is 25.1 Å². The molecule has 0 spiro atoms. The molecular formula is C22H22FNO3S. The predicted octanol–water partition coefficient (Wildman–Crippen LogP) is 5.10. The van der Waals surface area contributed by atoms with Crippen LogP contribution in [0, 0.1) is 12.7 Å². The normalized spacial score (nSPS) is 12.4. The van der Waals surface area contributed by atoms with Gasteiger partial charge in [0, 0.05) is 0 Å². The second kappa shape index (κ2) is 8.02. The number of nitrogens with zero attached hydrogens (tertiary/aromatic N) is 1. The van der Waals surface area contributed by atoms with Crippen LogP contribution in [0.15, 0.2) is 77.7 Å². The Morgan fingerprint density at radius 3 is 2.36 bits per heavy atom. The minimum Gasteiger partial charge on any atom is -0.497 e. The molecule has 1 atom stereocenters. The summed E-state index contributed by atoms with van der Waals surface area (Å²) >= 11 is 0. The first-order chi connectivity index (χ1) is 13.3. The SMILES string of the molecule is COc1cccc([C@@H](C)N(c2cccc(C)c2)S(=O)(=O)c2cccc(F)c2)c1. The minimum absolute atomic E-state index is 0.0937. The molecule has 0 N–H and O–H groups in total. The molecule has 0 saturated heterocycles. The summed E-state index contributed by atoms with van der Waals surface area (Å²) in [6.07, 6.45) is 0. The van der Waals surface area contributed by atoms with E-state index in [9.17, 15) is 12.8 Å². The summed E-state index contributed by atoms with van der Waals surface area (Å²) in [7, 11) is -2.45. The van der Waals surface area contributed by atoms with E-state index in [-0.39, 0.29) is 4.90 Å². The molecule has 4 nitrogen and oxygen atoms in total. The van der Waals surface area contributed by atoms with Crippen LogP contribution in [-0.2, 0) is 10.0 Å². The molecule has 146 valence electrons. The Morgan fingerprint density at radius 2 is 1.68 bits per heavy atom. The van der Waals surface area contributed by atoms with Crippen LogP contribution in [0.5, 0.6) is 5.75 Å². The number of methoxy groups -OCH3 is 1. The minimum atomic E-state index is -4.01. The Morgan fingerprint density at radius 1 is 0.964 bits per heavy atom. The summed E-state index contributed by atoms with van der Waals surface area (Å²) in [4.78, 5) is -0.0937. The number of benzene rings is 3. The highest BCUT2D eigenvalue weighted by molar-refractivity contribution is 7.92. The van der Waals surface area contributed by atoms with Crippen LogP contribution in [0.1, 0.15) is 24.1 Å². The zero-order valence-corrected chi connectivity index (χ0v) is 16.8. The van der Waals surface area contributed by atoms with Crippen molar-refractivity contribution in [1.82, 2.24) is 0 Å². The van der Waals surface area contributed by atoms with Gasteiger partial charge in [0.25, 0.3) is 10.0 Å². The molecule has 0 amide bonds. The maximum Gasteiger partial charge on any atom is 0.264 e. The second-order valence-electron chi connectivity index (χ2n) is 6.55. The van der Waals surface area contributed by atoms with Crippen LogP contribution in [-0.4, -0.2) is 15.5 Å². The third-order valence-corrected chi connectivity index (χ3v) is 6.43. The highest BCUT2D eigenvalue weighted by atomic mass is 32.2. The molecule has 6 heteroatoms. The number of aryl methyl sites for hydroxylation is 1. The fourth-order valence-corrected chi connectivity index (χ4v) is 4.78. The molecule has 3 aromatic carbocycles. The zero-order valence-electron chi connectivity index (χ0n) is 16.0. The number of sulfonamides is 1. The number of rotatable bonds is 6. The van der Waals surface area contributed by atoms with E-state index in [1.165, 1.54) is 22.5 Å². The lowest BCUT2D eigenvalue weighted by atomic mass is 10.1. The highest BCUT2D eigenvalue weighted by Crippen LogP contribution is 2.34. The van der Waals surface area contributed by atoms with E-state index >= 15 is 0 Å². The van der Waals surface area contributed by atoms with Gasteiger partial charge in [-0.25, -0.2) is 12.8 Å². The third-order valence-electron chi connectivity index (χ3n) is 4.54. The lowest BCUT2D eigenvalue weighted by Gasteiger charge is -2.31. The van der Waals surface area contributed by atoms with E-state index in [0.29, 0.717) is 11.4 Å². The molecule has 3 aromatic rings. The molecule has 0 fully saturated rings. The first-order valence-corrected chi connectivity index (χ1v) is 10.3. The first-order valence-electron chi connectivity index (χ1n) is 8.83. The standard InChI is InChI=1S/C22H22FNO3S/c1-16-7-4-10-20(13-16)24(17(2)18-8-5-11-21(14-18)27-3)28(25,26)22-12-6-9-19(23)15-22/h4-15,17H,1-3H3/t17-/m1/s1. The number of ether oxygens (including phenoxy) is 1. The molecule has 0 heterocycles. The molecular weight excluding hydrogens is 377 g/mol. The molecule has 0 unspecified atom stereocenters. The fourth-order valence-electron chi connectivity index (χ4n) is 3.11. The molecule has 0 saturated carbocycles. The molecule has 0 radical (unpaired) electrons. The number of halogens is 1. The van der Waals surface area contributed by atoms with Crippen molar-refractivity contribution >= 4 is 15.7 Å². The highest BCUT2D eigenvalue weighted by Gasteiger charge is 2.31. The Bertz CT molecular complexity index is 1080. The molecule has 0 bridgehead atoms. The van der Waals surface area contributed by atoms with Gasteiger partial charge >= 0.3 is 0 Å². The maximum atomic E-state index is 13.8. The second-order valence-corrected chi connectivity index (χ2v) is 8.36. The summed E-state index contributed by atoms with van der Waals surface area (Å²) in [5.41, 5.74) is 2.20. The van der Waals surface area contributed by atoms with Crippen LogP contribution in [0.2, 0.25) is 0 Å². The molecule has 3 rings (SSSR count). The Labute approximate surface area is 165 Å². The smallest absolute Gasteiger partial charge is 0.264 e. The first kappa shape index (κ1) is 19.9. The largest absolute Gasteiger partial charge is 0.497 e. The van der Waals surface area contributed by atoms with Gasteiger partial charge in [0.2, 0.25) is 0 Å². The van der Waals surface area contributed by atoms with Crippen LogP contribution in [0.25, 0.3) is 0 Å². The van der Waals surface area contributed by atoms with Crippen LogP contribution in [0.4, 0.5) is 10.1 Å². The van der Waals surface area contributed by atoms with E-state index in [2.05, 4.69) is 0 Å². The van der Waals surface area contributed by atoms with Gasteiger partial charge < -0.3 is 4.74 Å². The van der Waals surface area contributed by atoms with Crippen LogP contribution in [0.3, 0.4) is 0 Å². The topological polar surface area (TPSA) is 46.6 Å². The van der Waals surface area contributed by atoms with Crippen molar-refractivity contribution in [3.63, 3.8) is 0 Å². The van der Waals surface area contributed by atoms with Crippen molar-refractivity contribution in [2.75, 3.05) is 11.4 Å². The average Bonchev–Trinajstić information content (AvgIpc) is 2.68. The lowest BCUT2D eigenvalue weighted by molar-refractivity contribution is 0.414. The van der Waals surface area contributed by atoms with E-state index in [0.717, 1.165) is 17.2 Å². The summed E-state index contributed by atoms with van der Waals surface area (Å²) in [6, 6.07) is 19.0. The number of hydrogen-bond acceptors (Lipinski definition) is 3. The summed E-state index contributed by atoms with van der Waals surface area (Å²) in [5, 5.41) is 0. The zero-order chi connectivity index (χ0) is 20.3. The van der Waals surface area contributed by atoms with Crippen molar-refractivity contribution in [3.8, 4) is 5.75 Å². The Balaban J connectivity index is 2.17. The molecule has 0 aliphatic carbocycles. The van der Waals surface area contributed by atoms with Crippen LogP contribution < -0.4 is 9.04 Å². The van der Waals surface area contributed by atoms with Crippen molar-refractivity contribution in [2.24, 2.45) is 0 Å². The van der Waals surface area contributed by atoms with Crippen molar-refractivity contribution in [3.05, 3.63) is 89.7 Å². The monoisotopic (exact) mass is 399 g/mol. The predicted molar refractivity (Wildman–Crippen MR) is 109 cm³/mol. The van der Waals surface area contributed by atoms with Gasteiger partial charge in [0.1, 0.15) is 11.6 Å². The fraction of sp³-hybridized carbons (Fsp3) is 0.182. The van der Waals surface area contributed by atoms with E-state index in [1.54, 1.807) is 44.4 Å². The van der Waals surface area contributed by atoms with Gasteiger partial charge in [-0.05, 0) is 67.4 Å². The third kappa shape index (κ3) is 4.02. The van der Waals surface area contributed by atoms with Gasteiger partial charge in [-0.15, -0.1) is 0 Å². The van der Waals surface area contributed by atoms with Gasteiger partial charge in [-0.2, -0.15) is 0 Å². The van der Waals surface area contributed by atoms with E-state index in [4.69, 9.17) is 4.74 Å². The van der Waals surface area contributed by atoms with Crippen molar-refractivity contribution in [2.45, 2.75) is 24.8 Å². The number of anilines is 1. The quantitative estimate of drug-likeness (QED) is 0.579. The Hall–Kier alpha value is -2.86. The van der Waals surface area contributed by atoms with Gasteiger partial charge in [0.05, 0.1) is 23.7 Å². The Kier molecular flexibility index (Phi) is 5.70. The molecule has 28 heavy (non-hydrogen) atoms. The van der Waals surface area contributed by atoms with E-state index < -0.39 is 21.9 Å². The van der Waals surface area contributed by atoms with Gasteiger partial charge in [-0.1, -0.05) is 30.3 Å². The van der Waals surface area contributed by atoms with Crippen LogP contribution >= 0.6 is 0 Å².